The van der Waals surface area contributed by atoms with Crippen LogP contribution in [0.15, 0.2) is 32.6 Å². The Bertz CT molecular complexity index is 860. The maximum absolute atomic E-state index is 12.9. The quantitative estimate of drug-likeness (QED) is 0.305. The van der Waals surface area contributed by atoms with Gasteiger partial charge in [-0.25, -0.2) is 4.98 Å². The molecule has 25 heavy (non-hydrogen) atoms. The Morgan fingerprint density at radius 2 is 2.24 bits per heavy atom. The number of amides is 1. The van der Waals surface area contributed by atoms with Gasteiger partial charge < -0.3 is 5.32 Å². The summed E-state index contributed by atoms with van der Waals surface area (Å²) < 4.78 is 2.47. The van der Waals surface area contributed by atoms with Crippen molar-refractivity contribution in [1.29, 1.82) is 5.26 Å². The maximum Gasteiger partial charge on any atom is 0.262 e. The third kappa shape index (κ3) is 5.31. The van der Waals surface area contributed by atoms with Gasteiger partial charge in [0.1, 0.15) is 6.54 Å². The van der Waals surface area contributed by atoms with Gasteiger partial charge in [-0.05, 0) is 24.6 Å². The molecular weight excluding hydrogens is 404 g/mol. The number of carbonyl (C=O) groups is 1. The van der Waals surface area contributed by atoms with Crippen molar-refractivity contribution in [2.24, 2.45) is 0 Å². The largest absolute Gasteiger partial charge is 0.342 e. The van der Waals surface area contributed by atoms with Crippen molar-refractivity contribution in [3.05, 3.63) is 33.0 Å². The van der Waals surface area contributed by atoms with Gasteiger partial charge in [0.15, 0.2) is 5.16 Å². The van der Waals surface area contributed by atoms with Crippen LogP contribution < -0.4 is 10.9 Å². The molecule has 132 valence electrons. The van der Waals surface area contributed by atoms with E-state index in [1.165, 1.54) is 11.8 Å². The van der Waals surface area contributed by atoms with E-state index < -0.39 is 0 Å². The second kappa shape index (κ2) is 9.59. The molecule has 0 radical (unpaired) electrons. The van der Waals surface area contributed by atoms with E-state index in [-0.39, 0.29) is 23.8 Å². The first kappa shape index (κ1) is 19.5. The molecule has 0 aliphatic rings. The zero-order valence-corrected chi connectivity index (χ0v) is 16.3. The summed E-state index contributed by atoms with van der Waals surface area (Å²) in [6.45, 7) is 2.65. The third-order valence-electron chi connectivity index (χ3n) is 3.56. The zero-order chi connectivity index (χ0) is 18.2. The van der Waals surface area contributed by atoms with Crippen LogP contribution in [0.5, 0.6) is 0 Å². The minimum atomic E-state index is -0.253. The third-order valence-corrected chi connectivity index (χ3v) is 5.03. The lowest BCUT2D eigenvalue weighted by Gasteiger charge is -2.13. The van der Waals surface area contributed by atoms with Gasteiger partial charge in [-0.15, -0.1) is 0 Å². The van der Waals surface area contributed by atoms with Gasteiger partial charge in [-0.1, -0.05) is 47.5 Å². The molecule has 0 aliphatic heterocycles. The summed E-state index contributed by atoms with van der Waals surface area (Å²) in [6.07, 6.45) is 2.96. The first-order valence-corrected chi connectivity index (χ1v) is 9.81. The van der Waals surface area contributed by atoms with Crippen LogP contribution in [-0.2, 0) is 11.3 Å². The summed E-state index contributed by atoms with van der Waals surface area (Å²) in [6, 6.07) is 7.26. The van der Waals surface area contributed by atoms with Crippen LogP contribution >= 0.6 is 27.7 Å². The Morgan fingerprint density at radius 3 is 2.96 bits per heavy atom. The second-order valence-corrected chi connectivity index (χ2v) is 7.30. The highest BCUT2D eigenvalue weighted by atomic mass is 79.9. The number of hydrogen-bond donors (Lipinski definition) is 1. The minimum Gasteiger partial charge on any atom is -0.342 e. The zero-order valence-electron chi connectivity index (χ0n) is 13.9. The lowest BCUT2D eigenvalue weighted by Crippen LogP contribution is -2.27. The second-order valence-electron chi connectivity index (χ2n) is 5.44. The molecule has 0 saturated heterocycles. The monoisotopic (exact) mass is 422 g/mol. The Morgan fingerprint density at radius 1 is 1.44 bits per heavy atom. The minimum absolute atomic E-state index is 0.0259. The number of nitriles is 1. The van der Waals surface area contributed by atoms with E-state index in [2.05, 4.69) is 33.2 Å². The molecule has 0 unspecified atom stereocenters. The molecule has 0 bridgehead atoms. The number of nitrogens with one attached hydrogen (secondary N) is 1. The molecule has 1 heterocycles. The first-order valence-electron chi connectivity index (χ1n) is 8.03. The standard InChI is InChI=1S/C17H19BrN4O2S/c1-2-3-4-9-22-16(24)13-10-12(18)5-6-14(13)21-17(22)25-11-15(23)20-8-7-19/h5-6,10H,2-4,8-9,11H2,1H3,(H,20,23). The molecule has 0 atom stereocenters. The molecule has 1 aromatic carbocycles. The van der Waals surface area contributed by atoms with E-state index in [1.54, 1.807) is 16.7 Å². The fourth-order valence-electron chi connectivity index (χ4n) is 2.32. The van der Waals surface area contributed by atoms with Crippen LogP contribution in [0.1, 0.15) is 26.2 Å². The van der Waals surface area contributed by atoms with E-state index in [0.717, 1.165) is 23.7 Å². The number of hydrogen-bond acceptors (Lipinski definition) is 5. The van der Waals surface area contributed by atoms with Gasteiger partial charge in [0.2, 0.25) is 5.91 Å². The van der Waals surface area contributed by atoms with Crippen LogP contribution in [0, 0.1) is 11.3 Å². The number of thioether (sulfide) groups is 1. The number of rotatable bonds is 8. The molecule has 8 heteroatoms. The van der Waals surface area contributed by atoms with E-state index >= 15 is 0 Å². The fraction of sp³-hybridized carbons (Fsp3) is 0.412. The van der Waals surface area contributed by atoms with Gasteiger partial charge >= 0.3 is 0 Å². The number of aromatic nitrogens is 2. The number of halogens is 1. The lowest BCUT2D eigenvalue weighted by molar-refractivity contribution is -0.118. The van der Waals surface area contributed by atoms with Crippen molar-refractivity contribution in [2.75, 3.05) is 12.3 Å². The topological polar surface area (TPSA) is 87.8 Å². The van der Waals surface area contributed by atoms with E-state index in [9.17, 15) is 9.59 Å². The first-order chi connectivity index (χ1) is 12.1. The highest BCUT2D eigenvalue weighted by Gasteiger charge is 2.13. The summed E-state index contributed by atoms with van der Waals surface area (Å²) in [4.78, 5) is 29.2. The summed E-state index contributed by atoms with van der Waals surface area (Å²) in [5.41, 5.74) is 0.516. The van der Waals surface area contributed by atoms with E-state index in [0.29, 0.717) is 22.6 Å². The van der Waals surface area contributed by atoms with Gasteiger partial charge in [0.05, 0.1) is 22.7 Å². The Kier molecular flexibility index (Phi) is 7.47. The number of fused-ring (bicyclic) bond motifs is 1. The lowest BCUT2D eigenvalue weighted by atomic mass is 10.2. The van der Waals surface area contributed by atoms with E-state index in [1.807, 2.05) is 12.1 Å². The van der Waals surface area contributed by atoms with Crippen LogP contribution in [0.3, 0.4) is 0 Å². The van der Waals surface area contributed by atoms with Gasteiger partial charge in [-0.3, -0.25) is 14.2 Å². The maximum atomic E-state index is 12.9. The molecule has 0 aliphatic carbocycles. The predicted molar refractivity (Wildman–Crippen MR) is 103 cm³/mol. The van der Waals surface area contributed by atoms with Crippen LogP contribution in [0.25, 0.3) is 10.9 Å². The van der Waals surface area contributed by atoms with Gasteiger partial charge in [0.25, 0.3) is 5.56 Å². The smallest absolute Gasteiger partial charge is 0.262 e. The summed E-state index contributed by atoms with van der Waals surface area (Å²) >= 11 is 4.60. The molecule has 2 rings (SSSR count). The molecule has 0 saturated carbocycles. The number of unbranched alkanes of at least 4 members (excludes halogenated alkanes) is 2. The summed E-state index contributed by atoms with van der Waals surface area (Å²) in [5.74, 6) is -0.138. The SMILES string of the molecule is CCCCCn1c(SCC(=O)NCC#N)nc2ccc(Br)cc2c1=O. The molecule has 0 fully saturated rings. The van der Waals surface area contributed by atoms with Gasteiger partial charge in [-0.2, -0.15) is 5.26 Å². The Balaban J connectivity index is 2.33. The summed E-state index contributed by atoms with van der Waals surface area (Å²) in [7, 11) is 0. The molecule has 1 aromatic heterocycles. The Hall–Kier alpha value is -1.85. The normalized spacial score (nSPS) is 10.6. The van der Waals surface area contributed by atoms with Crippen molar-refractivity contribution in [3.63, 3.8) is 0 Å². The molecule has 1 N–H and O–H groups in total. The van der Waals surface area contributed by atoms with Crippen molar-refractivity contribution in [1.82, 2.24) is 14.9 Å². The average molecular weight is 423 g/mol. The predicted octanol–water partition coefficient (Wildman–Crippen LogP) is 3.08. The number of nitrogens with zero attached hydrogens (tertiary/aromatic N) is 3. The molecule has 0 spiro atoms. The molecule has 2 aromatic rings. The number of carbonyl (C=O) groups excluding carboxylic acids is 1. The number of benzene rings is 1. The highest BCUT2D eigenvalue weighted by molar-refractivity contribution is 9.10. The Labute approximate surface area is 158 Å². The van der Waals surface area contributed by atoms with Crippen LogP contribution in [-0.4, -0.2) is 27.8 Å². The van der Waals surface area contributed by atoms with Crippen LogP contribution in [0.2, 0.25) is 0 Å². The van der Waals surface area contributed by atoms with Gasteiger partial charge in [0, 0.05) is 11.0 Å². The molecular formula is C17H19BrN4O2S. The van der Waals surface area contributed by atoms with Crippen molar-refractivity contribution >= 4 is 44.5 Å². The van der Waals surface area contributed by atoms with Crippen molar-refractivity contribution in [2.45, 2.75) is 37.9 Å². The van der Waals surface area contributed by atoms with Crippen molar-refractivity contribution < 1.29 is 4.79 Å². The van der Waals surface area contributed by atoms with E-state index in [4.69, 9.17) is 5.26 Å². The highest BCUT2D eigenvalue weighted by Crippen LogP contribution is 2.21. The summed E-state index contributed by atoms with van der Waals surface area (Å²) in [5, 5.41) is 12.1. The average Bonchev–Trinajstić information content (AvgIpc) is 2.61. The molecule has 6 nitrogen and oxygen atoms in total. The fourth-order valence-corrected chi connectivity index (χ4v) is 3.54. The van der Waals surface area contributed by atoms with Crippen molar-refractivity contribution in [3.8, 4) is 6.07 Å². The molecule has 1 amide bonds. The van der Waals surface area contributed by atoms with Crippen LogP contribution in [0.4, 0.5) is 0 Å².